The molecule has 1 heterocycles. The molecule has 37 heavy (non-hydrogen) atoms. The summed E-state index contributed by atoms with van der Waals surface area (Å²) in [6.07, 6.45) is -1.99. The Labute approximate surface area is 222 Å². The lowest BCUT2D eigenvalue weighted by Gasteiger charge is -2.15. The molecule has 0 radical (unpaired) electrons. The van der Waals surface area contributed by atoms with E-state index in [1.165, 1.54) is 24.3 Å². The maximum Gasteiger partial charge on any atom is 0.418 e. The van der Waals surface area contributed by atoms with Gasteiger partial charge >= 0.3 is 18.0 Å². The molecule has 0 unspecified atom stereocenters. The molecule has 0 aromatic heterocycles. The second-order valence-corrected chi connectivity index (χ2v) is 9.10. The third-order valence-corrected chi connectivity index (χ3v) is 5.71. The number of halogens is 5. The van der Waals surface area contributed by atoms with Gasteiger partial charge in [0, 0.05) is 28.2 Å². The van der Waals surface area contributed by atoms with Crippen molar-refractivity contribution in [1.82, 2.24) is 10.7 Å². The highest BCUT2D eigenvalue weighted by Crippen LogP contribution is 2.36. The molecule has 1 aliphatic rings. The molecule has 1 fully saturated rings. The van der Waals surface area contributed by atoms with Gasteiger partial charge in [0.25, 0.3) is 5.91 Å². The minimum Gasteiger partial charge on any atom is -0.483 e. The van der Waals surface area contributed by atoms with Crippen LogP contribution in [0.1, 0.15) is 24.0 Å². The average molecular weight is 606 g/mol. The minimum absolute atomic E-state index is 0.104. The molecule has 14 heteroatoms. The van der Waals surface area contributed by atoms with Crippen LogP contribution in [0.3, 0.4) is 0 Å². The van der Waals surface area contributed by atoms with Crippen molar-refractivity contribution < 1.29 is 37.0 Å². The van der Waals surface area contributed by atoms with Crippen molar-refractivity contribution in [3.63, 3.8) is 0 Å². The van der Waals surface area contributed by atoms with E-state index >= 15 is 0 Å². The molecular weight excluding hydrogens is 585 g/mol. The number of carbonyl (C=O) groups excluding carboxylic acids is 3. The Kier molecular flexibility index (Phi) is 9.89. The number of anilines is 1. The third-order valence-electron chi connectivity index (χ3n) is 4.98. The molecule has 0 saturated carbocycles. The number of hydrogen-bond donors (Lipinski definition) is 3. The highest BCUT2D eigenvalue weighted by atomic mass is 79.9. The normalized spacial score (nSPS) is 15.4. The van der Waals surface area contributed by atoms with Crippen molar-refractivity contribution in [1.29, 1.82) is 0 Å². The Morgan fingerprint density at radius 2 is 1.97 bits per heavy atom. The van der Waals surface area contributed by atoms with E-state index in [9.17, 15) is 27.6 Å². The molecule has 1 aliphatic heterocycles. The van der Waals surface area contributed by atoms with E-state index in [0.717, 1.165) is 31.2 Å². The lowest BCUT2D eigenvalue weighted by molar-refractivity contribution is -0.139. The molecule has 198 valence electrons. The number of nitrogens with one attached hydrogen (secondary N) is 3. The maximum atomic E-state index is 13.3. The van der Waals surface area contributed by atoms with Gasteiger partial charge in [-0.3, -0.25) is 14.4 Å². The quantitative estimate of drug-likeness (QED) is 0.240. The van der Waals surface area contributed by atoms with Crippen LogP contribution in [0.5, 0.6) is 5.75 Å². The van der Waals surface area contributed by atoms with Gasteiger partial charge in [-0.25, -0.2) is 5.43 Å². The largest absolute Gasteiger partial charge is 0.483 e. The Hall–Kier alpha value is -3.16. The number of benzene rings is 2. The van der Waals surface area contributed by atoms with E-state index in [-0.39, 0.29) is 33.5 Å². The SMILES string of the molecule is O=C(COc1ccc(Cl)cc1/C=N\NC(=O)C(=O)NC[C@@H]1CCCO1)Nc1ccc(Br)cc1C(F)(F)F. The van der Waals surface area contributed by atoms with Crippen LogP contribution < -0.4 is 20.8 Å². The maximum absolute atomic E-state index is 13.3. The summed E-state index contributed by atoms with van der Waals surface area (Å²) in [5.74, 6) is -2.64. The van der Waals surface area contributed by atoms with Crippen molar-refractivity contribution >= 4 is 57.2 Å². The van der Waals surface area contributed by atoms with Crippen molar-refractivity contribution in [2.45, 2.75) is 25.1 Å². The fourth-order valence-corrected chi connectivity index (χ4v) is 3.79. The molecule has 3 rings (SSSR count). The van der Waals surface area contributed by atoms with Crippen molar-refractivity contribution in [2.24, 2.45) is 5.10 Å². The molecule has 0 spiro atoms. The number of ether oxygens (including phenoxy) is 2. The smallest absolute Gasteiger partial charge is 0.418 e. The zero-order chi connectivity index (χ0) is 27.0. The van der Waals surface area contributed by atoms with Crippen LogP contribution >= 0.6 is 27.5 Å². The summed E-state index contributed by atoms with van der Waals surface area (Å²) in [6, 6.07) is 7.61. The zero-order valence-corrected chi connectivity index (χ0v) is 21.4. The lowest BCUT2D eigenvalue weighted by Crippen LogP contribution is -2.41. The molecule has 1 saturated heterocycles. The minimum atomic E-state index is -4.68. The standard InChI is InChI=1S/C23H21BrClF3N4O5/c24-14-3-5-18(17(9-14)23(26,27)28)31-20(33)12-37-19-6-4-15(25)8-13(19)10-30-32-22(35)21(34)29-11-16-2-1-7-36-16/h3-6,8-10,16H,1-2,7,11-12H2,(H,29,34)(H,31,33)(H,32,35)/b30-10-/t16-/m0/s1. The average Bonchev–Trinajstić information content (AvgIpc) is 3.36. The van der Waals surface area contributed by atoms with Gasteiger partial charge in [-0.05, 0) is 49.2 Å². The van der Waals surface area contributed by atoms with Crippen LogP contribution in [-0.4, -0.2) is 49.8 Å². The van der Waals surface area contributed by atoms with E-state index in [1.807, 2.05) is 0 Å². The molecule has 1 atom stereocenters. The van der Waals surface area contributed by atoms with Crippen LogP contribution in [0.25, 0.3) is 0 Å². The molecule has 9 nitrogen and oxygen atoms in total. The van der Waals surface area contributed by atoms with Gasteiger partial charge in [0.2, 0.25) is 0 Å². The van der Waals surface area contributed by atoms with Crippen LogP contribution in [0.2, 0.25) is 5.02 Å². The Morgan fingerprint density at radius 1 is 1.19 bits per heavy atom. The molecule has 0 bridgehead atoms. The first-order chi connectivity index (χ1) is 17.5. The van der Waals surface area contributed by atoms with Crippen molar-refractivity contribution in [2.75, 3.05) is 25.1 Å². The monoisotopic (exact) mass is 604 g/mol. The topological polar surface area (TPSA) is 118 Å². The number of alkyl halides is 3. The summed E-state index contributed by atoms with van der Waals surface area (Å²) in [5, 5.41) is 8.60. The molecule has 2 aromatic carbocycles. The summed E-state index contributed by atoms with van der Waals surface area (Å²) in [4.78, 5) is 36.1. The van der Waals surface area contributed by atoms with Gasteiger partial charge < -0.3 is 20.1 Å². The summed E-state index contributed by atoms with van der Waals surface area (Å²) in [7, 11) is 0. The van der Waals surface area contributed by atoms with Crippen LogP contribution in [0, 0.1) is 0 Å². The fourth-order valence-electron chi connectivity index (χ4n) is 3.24. The van der Waals surface area contributed by atoms with Gasteiger partial charge in [-0.2, -0.15) is 18.3 Å². The van der Waals surface area contributed by atoms with E-state index in [2.05, 4.69) is 37.1 Å². The van der Waals surface area contributed by atoms with Crippen LogP contribution in [-0.2, 0) is 25.3 Å². The van der Waals surface area contributed by atoms with Crippen molar-refractivity contribution in [3.8, 4) is 5.75 Å². The molecule has 0 aliphatic carbocycles. The molecule has 3 amide bonds. The number of carbonyl (C=O) groups is 3. The van der Waals surface area contributed by atoms with E-state index in [1.54, 1.807) is 0 Å². The van der Waals surface area contributed by atoms with Gasteiger partial charge in [-0.15, -0.1) is 0 Å². The second-order valence-electron chi connectivity index (χ2n) is 7.75. The van der Waals surface area contributed by atoms with E-state index in [0.29, 0.717) is 6.61 Å². The van der Waals surface area contributed by atoms with Crippen LogP contribution in [0.15, 0.2) is 46.0 Å². The van der Waals surface area contributed by atoms with Gasteiger partial charge in [-0.1, -0.05) is 27.5 Å². The molecular formula is C23H21BrClF3N4O5. The Bertz CT molecular complexity index is 1190. The number of hydrogen-bond acceptors (Lipinski definition) is 6. The lowest BCUT2D eigenvalue weighted by atomic mass is 10.1. The van der Waals surface area contributed by atoms with E-state index in [4.69, 9.17) is 21.1 Å². The molecule has 3 N–H and O–H groups in total. The number of hydrazone groups is 1. The zero-order valence-electron chi connectivity index (χ0n) is 19.0. The highest BCUT2D eigenvalue weighted by molar-refractivity contribution is 9.10. The number of nitrogens with zero attached hydrogens (tertiary/aromatic N) is 1. The Morgan fingerprint density at radius 3 is 2.68 bits per heavy atom. The Balaban J connectivity index is 1.57. The van der Waals surface area contributed by atoms with Crippen molar-refractivity contribution in [3.05, 3.63) is 57.0 Å². The predicted molar refractivity (Wildman–Crippen MR) is 132 cm³/mol. The first-order valence-electron chi connectivity index (χ1n) is 10.8. The third kappa shape index (κ3) is 8.72. The molecule has 2 aromatic rings. The summed E-state index contributed by atoms with van der Waals surface area (Å²) in [6.45, 7) is 0.185. The summed E-state index contributed by atoms with van der Waals surface area (Å²) >= 11 is 8.96. The summed E-state index contributed by atoms with van der Waals surface area (Å²) in [5.41, 5.74) is 0.850. The highest BCUT2D eigenvalue weighted by Gasteiger charge is 2.34. The van der Waals surface area contributed by atoms with Gasteiger partial charge in [0.15, 0.2) is 6.61 Å². The first-order valence-corrected chi connectivity index (χ1v) is 12.0. The predicted octanol–water partition coefficient (Wildman–Crippen LogP) is 3.88. The fraction of sp³-hybridized carbons (Fsp3) is 0.304. The second kappa shape index (κ2) is 12.9. The number of rotatable bonds is 8. The summed E-state index contributed by atoms with van der Waals surface area (Å²) < 4.78 is 50.8. The van der Waals surface area contributed by atoms with Gasteiger partial charge in [0.05, 0.1) is 23.6 Å². The van der Waals surface area contributed by atoms with E-state index < -0.39 is 41.8 Å². The van der Waals surface area contributed by atoms with Gasteiger partial charge in [0.1, 0.15) is 5.75 Å². The number of amides is 3. The first kappa shape index (κ1) is 28.4. The van der Waals surface area contributed by atoms with Crippen LogP contribution in [0.4, 0.5) is 18.9 Å².